The molecule has 0 bridgehead atoms. The molecule has 2 aromatic carbocycles. The minimum Gasteiger partial charge on any atom is -0.481 e. The van der Waals surface area contributed by atoms with E-state index in [0.717, 1.165) is 11.1 Å². The third-order valence-corrected chi connectivity index (χ3v) is 6.01. The molecule has 6 nitrogen and oxygen atoms in total. The van der Waals surface area contributed by atoms with Crippen LogP contribution in [0, 0.1) is 0 Å². The first-order valence-electron chi connectivity index (χ1n) is 9.53. The fourth-order valence-electron chi connectivity index (χ4n) is 2.02. The summed E-state index contributed by atoms with van der Waals surface area (Å²) in [5.41, 5.74) is 1.66. The van der Waals surface area contributed by atoms with E-state index >= 15 is 0 Å². The molecule has 0 fully saturated rings. The van der Waals surface area contributed by atoms with Gasteiger partial charge in [0.25, 0.3) is 0 Å². The lowest BCUT2D eigenvalue weighted by atomic mass is 10.2. The maximum atomic E-state index is 12.2. The highest BCUT2D eigenvalue weighted by molar-refractivity contribution is 8.32. The summed E-state index contributed by atoms with van der Waals surface area (Å²) >= 11 is 1.21. The Bertz CT molecular complexity index is 905. The molecule has 8 heteroatoms. The number of carbonyl (C=O) groups is 4. The van der Waals surface area contributed by atoms with Crippen LogP contribution in [-0.4, -0.2) is 36.5 Å². The predicted octanol–water partition coefficient (Wildman–Crippen LogP) is 5.21. The Hall–Kier alpha value is -3.10. The highest BCUT2D eigenvalue weighted by Gasteiger charge is 2.39. The van der Waals surface area contributed by atoms with Crippen molar-refractivity contribution in [1.29, 1.82) is 0 Å². The molecule has 2 rings (SSSR count). The van der Waals surface area contributed by atoms with Gasteiger partial charge < -0.3 is 10.2 Å². The van der Waals surface area contributed by atoms with Crippen molar-refractivity contribution in [2.45, 2.75) is 24.3 Å². The first kappa shape index (κ1) is 26.9. The number of carboxylic acids is 2. The lowest BCUT2D eigenvalue weighted by molar-refractivity contribution is -0.137. The zero-order valence-electron chi connectivity index (χ0n) is 17.6. The van der Waals surface area contributed by atoms with E-state index in [2.05, 4.69) is 0 Å². The molecule has 0 atom stereocenters. The van der Waals surface area contributed by atoms with E-state index < -0.39 is 26.2 Å². The zero-order valence-corrected chi connectivity index (χ0v) is 19.3. The van der Waals surface area contributed by atoms with Crippen LogP contribution < -0.4 is 0 Å². The highest BCUT2D eigenvalue weighted by Crippen LogP contribution is 2.38. The highest BCUT2D eigenvalue weighted by atomic mass is 32.2. The first-order chi connectivity index (χ1) is 15.2. The van der Waals surface area contributed by atoms with Gasteiger partial charge in [-0.1, -0.05) is 103 Å². The van der Waals surface area contributed by atoms with Gasteiger partial charge in [0.1, 0.15) is 0 Å². The molecule has 0 aliphatic heterocycles. The summed E-state index contributed by atoms with van der Waals surface area (Å²) in [7, 11) is 0. The van der Waals surface area contributed by atoms with Crippen LogP contribution in [0.25, 0.3) is 12.2 Å². The Labute approximate surface area is 195 Å². The van der Waals surface area contributed by atoms with Gasteiger partial charge in [0.2, 0.25) is 10.2 Å². The molecule has 0 aromatic heterocycles. The summed E-state index contributed by atoms with van der Waals surface area (Å²) < 4.78 is -1.61. The van der Waals surface area contributed by atoms with Crippen molar-refractivity contribution in [2.75, 3.05) is 0 Å². The van der Waals surface area contributed by atoms with Crippen molar-refractivity contribution in [1.82, 2.24) is 0 Å². The Balaban J connectivity index is 0.000000920. The van der Waals surface area contributed by atoms with Crippen molar-refractivity contribution in [2.24, 2.45) is 0 Å². The SMILES string of the molecule is CC(SC(=O)C=Cc1ccccc1)(SC(=O)C=Cc1ccccc1)C(=O)O.CCC(=O)O. The molecule has 2 N–H and O–H groups in total. The van der Waals surface area contributed by atoms with E-state index in [1.807, 2.05) is 60.7 Å². The van der Waals surface area contributed by atoms with Crippen LogP contribution in [0.1, 0.15) is 31.4 Å². The Kier molecular flexibility index (Phi) is 11.8. The maximum absolute atomic E-state index is 12.2. The van der Waals surface area contributed by atoms with Gasteiger partial charge in [-0.25, -0.2) is 4.79 Å². The van der Waals surface area contributed by atoms with Gasteiger partial charge in [-0.3, -0.25) is 14.4 Å². The van der Waals surface area contributed by atoms with Crippen molar-refractivity contribution < 1.29 is 29.4 Å². The second-order valence-corrected chi connectivity index (χ2v) is 9.43. The van der Waals surface area contributed by atoms with Gasteiger partial charge in [-0.15, -0.1) is 0 Å². The van der Waals surface area contributed by atoms with E-state index in [-0.39, 0.29) is 6.42 Å². The number of benzene rings is 2. The van der Waals surface area contributed by atoms with Crippen LogP contribution in [0.15, 0.2) is 72.8 Å². The molecule has 0 aliphatic carbocycles. The smallest absolute Gasteiger partial charge is 0.330 e. The molecule has 0 aliphatic rings. The van der Waals surface area contributed by atoms with Crippen molar-refractivity contribution >= 4 is 57.8 Å². The zero-order chi connectivity index (χ0) is 24.0. The summed E-state index contributed by atoms with van der Waals surface area (Å²) in [6, 6.07) is 18.4. The van der Waals surface area contributed by atoms with E-state index in [4.69, 9.17) is 5.11 Å². The van der Waals surface area contributed by atoms with Crippen LogP contribution in [0.5, 0.6) is 0 Å². The Morgan fingerprint density at radius 1 is 0.781 bits per heavy atom. The maximum Gasteiger partial charge on any atom is 0.330 e. The normalized spacial score (nSPS) is 12.6. The molecule has 0 saturated carbocycles. The fraction of sp³-hybridized carbons (Fsp3) is 0.167. The van der Waals surface area contributed by atoms with Crippen molar-refractivity contribution in [3.8, 4) is 0 Å². The van der Waals surface area contributed by atoms with Crippen LogP contribution >= 0.6 is 23.5 Å². The summed E-state index contributed by atoms with van der Waals surface area (Å²) in [5.74, 6) is -1.98. The third kappa shape index (κ3) is 10.8. The van der Waals surface area contributed by atoms with Gasteiger partial charge in [0.05, 0.1) is 0 Å². The number of aliphatic carboxylic acids is 2. The number of thioether (sulfide) groups is 2. The van der Waals surface area contributed by atoms with Gasteiger partial charge >= 0.3 is 11.9 Å². The van der Waals surface area contributed by atoms with Crippen LogP contribution in [-0.2, 0) is 19.2 Å². The third-order valence-electron chi connectivity index (χ3n) is 3.70. The molecule has 0 unspecified atom stereocenters. The predicted molar refractivity (Wildman–Crippen MR) is 130 cm³/mol. The van der Waals surface area contributed by atoms with Crippen molar-refractivity contribution in [3.05, 3.63) is 83.9 Å². The van der Waals surface area contributed by atoms with Crippen LogP contribution in [0.3, 0.4) is 0 Å². The van der Waals surface area contributed by atoms with Gasteiger partial charge in [0, 0.05) is 6.42 Å². The molecular formula is C24H24O6S2. The summed E-state index contributed by atoms with van der Waals surface area (Å²) in [6.07, 6.45) is 6.07. The van der Waals surface area contributed by atoms with E-state index in [1.165, 1.54) is 19.1 Å². The molecule has 0 amide bonds. The minimum absolute atomic E-state index is 0.222. The summed E-state index contributed by atoms with van der Waals surface area (Å²) in [5, 5.41) is 16.4. The Morgan fingerprint density at radius 2 is 1.12 bits per heavy atom. The molecule has 168 valence electrons. The molecule has 32 heavy (non-hydrogen) atoms. The molecular weight excluding hydrogens is 448 g/mol. The summed E-state index contributed by atoms with van der Waals surface area (Å²) in [6.45, 7) is 2.95. The molecule has 0 radical (unpaired) electrons. The number of carboxylic acid groups (broad SMARTS) is 2. The molecule has 0 heterocycles. The molecule has 0 spiro atoms. The van der Waals surface area contributed by atoms with Crippen LogP contribution in [0.2, 0.25) is 0 Å². The standard InChI is InChI=1S/C21H18O4S2.C3H6O2/c1-21(20(24)25,26-18(22)14-12-16-8-4-2-5-9-16)27-19(23)15-13-17-10-6-3-7-11-17;1-2-3(4)5/h2-15H,1H3,(H,24,25);2H2,1H3,(H,4,5). The van der Waals surface area contributed by atoms with Gasteiger partial charge in [0.15, 0.2) is 4.08 Å². The monoisotopic (exact) mass is 472 g/mol. The largest absolute Gasteiger partial charge is 0.481 e. The number of rotatable bonds is 8. The van der Waals surface area contributed by atoms with E-state index in [1.54, 1.807) is 19.1 Å². The minimum atomic E-state index is -1.61. The average Bonchev–Trinajstić information content (AvgIpc) is 2.78. The molecule has 0 saturated heterocycles. The topological polar surface area (TPSA) is 109 Å². The van der Waals surface area contributed by atoms with Crippen molar-refractivity contribution in [3.63, 3.8) is 0 Å². The number of carbonyl (C=O) groups excluding carboxylic acids is 2. The van der Waals surface area contributed by atoms with E-state index in [9.17, 15) is 24.3 Å². The first-order valence-corrected chi connectivity index (χ1v) is 11.2. The fourth-order valence-corrected chi connectivity index (χ4v) is 3.89. The summed E-state index contributed by atoms with van der Waals surface area (Å²) in [4.78, 5) is 45.3. The second kappa shape index (κ2) is 14.1. The van der Waals surface area contributed by atoms with E-state index in [0.29, 0.717) is 23.5 Å². The Morgan fingerprint density at radius 3 is 1.41 bits per heavy atom. The second-order valence-electron chi connectivity index (χ2n) is 6.33. The van der Waals surface area contributed by atoms with Gasteiger partial charge in [-0.05, 0) is 30.2 Å². The lowest BCUT2D eigenvalue weighted by Gasteiger charge is -2.20. The number of hydrogen-bond acceptors (Lipinski definition) is 6. The quantitative estimate of drug-likeness (QED) is 0.398. The lowest BCUT2D eigenvalue weighted by Crippen LogP contribution is -2.30. The number of hydrogen-bond donors (Lipinski definition) is 2. The van der Waals surface area contributed by atoms with Gasteiger partial charge in [-0.2, -0.15) is 0 Å². The molecule has 2 aromatic rings. The average molecular weight is 473 g/mol. The van der Waals surface area contributed by atoms with Crippen LogP contribution in [0.4, 0.5) is 0 Å².